The highest BCUT2D eigenvalue weighted by atomic mass is 35.5. The van der Waals surface area contributed by atoms with E-state index in [0.717, 1.165) is 6.54 Å². The van der Waals surface area contributed by atoms with Gasteiger partial charge in [-0.1, -0.05) is 11.6 Å². The molecule has 0 unspecified atom stereocenters. The first-order valence-electron chi connectivity index (χ1n) is 5.88. The molecule has 6 heteroatoms. The highest BCUT2D eigenvalue weighted by Crippen LogP contribution is 2.24. The predicted molar refractivity (Wildman–Crippen MR) is 74.7 cm³/mol. The number of carboxylic acids is 1. The number of aromatic nitrogens is 1. The summed E-state index contributed by atoms with van der Waals surface area (Å²) in [6.07, 6.45) is 2.33. The van der Waals surface area contributed by atoms with Gasteiger partial charge in [0.05, 0.1) is 0 Å². The highest BCUT2D eigenvalue weighted by molar-refractivity contribution is 7.99. The van der Waals surface area contributed by atoms with Crippen molar-refractivity contribution in [3.63, 3.8) is 0 Å². The second kappa shape index (κ2) is 6.29. The van der Waals surface area contributed by atoms with Gasteiger partial charge in [0.2, 0.25) is 0 Å². The number of hydrogen-bond acceptors (Lipinski definition) is 4. The minimum Gasteiger partial charge on any atom is -0.478 e. The van der Waals surface area contributed by atoms with Gasteiger partial charge < -0.3 is 10.4 Å². The topological polar surface area (TPSA) is 62.2 Å². The van der Waals surface area contributed by atoms with E-state index in [1.807, 2.05) is 11.8 Å². The molecule has 2 rings (SSSR count). The maximum Gasteiger partial charge on any atom is 0.339 e. The predicted octanol–water partition coefficient (Wildman–Crippen LogP) is 2.99. The molecule has 1 saturated heterocycles. The Labute approximate surface area is 115 Å². The molecule has 1 fully saturated rings. The Kier molecular flexibility index (Phi) is 4.72. The standard InChI is InChI=1S/C12H15ClN2O2S/c13-10-2-1-9(12(16)17)11(15-10)14-7-8-3-5-18-6-4-8/h1-2,8H,3-7H2,(H,14,15)(H,16,17). The number of nitrogens with zero attached hydrogens (tertiary/aromatic N) is 1. The molecule has 0 atom stereocenters. The van der Waals surface area contributed by atoms with E-state index in [1.54, 1.807) is 0 Å². The zero-order valence-corrected chi connectivity index (χ0v) is 11.4. The molecule has 0 aliphatic carbocycles. The van der Waals surface area contributed by atoms with Gasteiger partial charge in [-0.25, -0.2) is 9.78 Å². The van der Waals surface area contributed by atoms with Crippen molar-refractivity contribution in [3.8, 4) is 0 Å². The maximum absolute atomic E-state index is 11.1. The van der Waals surface area contributed by atoms with E-state index >= 15 is 0 Å². The van der Waals surface area contributed by atoms with Gasteiger partial charge in [-0.15, -0.1) is 0 Å². The zero-order valence-electron chi connectivity index (χ0n) is 9.86. The molecule has 18 heavy (non-hydrogen) atoms. The van der Waals surface area contributed by atoms with Gasteiger partial charge in [-0.2, -0.15) is 11.8 Å². The summed E-state index contributed by atoms with van der Waals surface area (Å²) in [6, 6.07) is 2.98. The lowest BCUT2D eigenvalue weighted by Crippen LogP contribution is -2.20. The molecule has 1 aliphatic rings. The fraction of sp³-hybridized carbons (Fsp3) is 0.500. The van der Waals surface area contributed by atoms with E-state index < -0.39 is 5.97 Å². The average molecular weight is 287 g/mol. The van der Waals surface area contributed by atoms with Crippen molar-refractivity contribution in [3.05, 3.63) is 22.8 Å². The van der Waals surface area contributed by atoms with Crippen molar-refractivity contribution in [2.24, 2.45) is 5.92 Å². The number of anilines is 1. The zero-order chi connectivity index (χ0) is 13.0. The summed E-state index contributed by atoms with van der Waals surface area (Å²) in [5.74, 6) is 2.34. The van der Waals surface area contributed by atoms with Crippen LogP contribution in [0.2, 0.25) is 5.15 Å². The fourth-order valence-electron chi connectivity index (χ4n) is 1.93. The highest BCUT2D eigenvalue weighted by Gasteiger charge is 2.16. The van der Waals surface area contributed by atoms with Crippen molar-refractivity contribution >= 4 is 35.1 Å². The first-order valence-corrected chi connectivity index (χ1v) is 7.41. The SMILES string of the molecule is O=C(O)c1ccc(Cl)nc1NCC1CCSCC1. The van der Waals surface area contributed by atoms with Crippen molar-refractivity contribution < 1.29 is 9.90 Å². The van der Waals surface area contributed by atoms with Gasteiger partial charge >= 0.3 is 5.97 Å². The monoisotopic (exact) mass is 286 g/mol. The molecule has 0 amide bonds. The minimum absolute atomic E-state index is 0.171. The van der Waals surface area contributed by atoms with Crippen LogP contribution in [-0.4, -0.2) is 34.1 Å². The lowest BCUT2D eigenvalue weighted by molar-refractivity contribution is 0.0697. The summed E-state index contributed by atoms with van der Waals surface area (Å²) >= 11 is 7.77. The molecular formula is C12H15ClN2O2S. The molecule has 1 aliphatic heterocycles. The van der Waals surface area contributed by atoms with E-state index in [9.17, 15) is 4.79 Å². The van der Waals surface area contributed by atoms with Gasteiger partial charge in [0.1, 0.15) is 16.5 Å². The van der Waals surface area contributed by atoms with Crippen LogP contribution in [0.5, 0.6) is 0 Å². The van der Waals surface area contributed by atoms with Crippen LogP contribution in [0, 0.1) is 5.92 Å². The van der Waals surface area contributed by atoms with Gasteiger partial charge in [-0.3, -0.25) is 0 Å². The van der Waals surface area contributed by atoms with Crippen LogP contribution in [0.1, 0.15) is 23.2 Å². The van der Waals surface area contributed by atoms with E-state index in [0.29, 0.717) is 16.9 Å². The molecular weight excluding hydrogens is 272 g/mol. The summed E-state index contributed by atoms with van der Waals surface area (Å²) in [5.41, 5.74) is 0.171. The number of rotatable bonds is 4. The molecule has 2 N–H and O–H groups in total. The molecule has 0 aromatic carbocycles. The lowest BCUT2D eigenvalue weighted by atomic mass is 10.0. The first-order chi connectivity index (χ1) is 8.66. The Bertz CT molecular complexity index is 436. The molecule has 0 saturated carbocycles. The average Bonchev–Trinajstić information content (AvgIpc) is 2.37. The normalized spacial score (nSPS) is 16.5. The number of hydrogen-bond donors (Lipinski definition) is 2. The van der Waals surface area contributed by atoms with Gasteiger partial charge in [0.15, 0.2) is 0 Å². The van der Waals surface area contributed by atoms with Crippen LogP contribution in [0.3, 0.4) is 0 Å². The number of carboxylic acid groups (broad SMARTS) is 1. The number of halogens is 1. The molecule has 0 spiro atoms. The van der Waals surface area contributed by atoms with Crippen molar-refractivity contribution in [2.75, 3.05) is 23.4 Å². The Morgan fingerprint density at radius 2 is 2.22 bits per heavy atom. The first kappa shape index (κ1) is 13.5. The smallest absolute Gasteiger partial charge is 0.339 e. The van der Waals surface area contributed by atoms with E-state index in [1.165, 1.54) is 36.5 Å². The number of thioether (sulfide) groups is 1. The third-order valence-electron chi connectivity index (χ3n) is 2.99. The Morgan fingerprint density at radius 1 is 1.50 bits per heavy atom. The maximum atomic E-state index is 11.1. The molecule has 4 nitrogen and oxygen atoms in total. The molecule has 0 radical (unpaired) electrons. The van der Waals surface area contributed by atoms with Crippen LogP contribution in [-0.2, 0) is 0 Å². The quantitative estimate of drug-likeness (QED) is 0.833. The summed E-state index contributed by atoms with van der Waals surface area (Å²) in [6.45, 7) is 0.758. The molecule has 1 aromatic heterocycles. The summed E-state index contributed by atoms with van der Waals surface area (Å²) in [5, 5.41) is 12.5. The van der Waals surface area contributed by atoms with E-state index in [-0.39, 0.29) is 5.56 Å². The fourth-order valence-corrected chi connectivity index (χ4v) is 3.29. The number of carbonyl (C=O) groups is 1. The Morgan fingerprint density at radius 3 is 2.89 bits per heavy atom. The third-order valence-corrected chi connectivity index (χ3v) is 4.25. The van der Waals surface area contributed by atoms with Gasteiger partial charge in [-0.05, 0) is 42.4 Å². The minimum atomic E-state index is -0.985. The van der Waals surface area contributed by atoms with E-state index in [2.05, 4.69) is 10.3 Å². The van der Waals surface area contributed by atoms with Gasteiger partial charge in [0, 0.05) is 6.54 Å². The van der Waals surface area contributed by atoms with Crippen molar-refractivity contribution in [1.82, 2.24) is 4.98 Å². The van der Waals surface area contributed by atoms with Crippen molar-refractivity contribution in [2.45, 2.75) is 12.8 Å². The second-order valence-electron chi connectivity index (χ2n) is 4.27. The Hall–Kier alpha value is -0.940. The molecule has 98 valence electrons. The summed E-state index contributed by atoms with van der Waals surface area (Å²) < 4.78 is 0. The van der Waals surface area contributed by atoms with Crippen molar-refractivity contribution in [1.29, 1.82) is 0 Å². The summed E-state index contributed by atoms with van der Waals surface area (Å²) in [7, 11) is 0. The second-order valence-corrected chi connectivity index (χ2v) is 5.88. The molecule has 1 aromatic rings. The lowest BCUT2D eigenvalue weighted by Gasteiger charge is -2.22. The number of nitrogens with one attached hydrogen (secondary N) is 1. The van der Waals surface area contributed by atoms with Crippen LogP contribution in [0.25, 0.3) is 0 Å². The number of aromatic carboxylic acids is 1. The van der Waals surface area contributed by atoms with E-state index in [4.69, 9.17) is 16.7 Å². The Balaban J connectivity index is 2.03. The summed E-state index contributed by atoms with van der Waals surface area (Å²) in [4.78, 5) is 15.1. The molecule has 0 bridgehead atoms. The molecule has 2 heterocycles. The van der Waals surface area contributed by atoms with Crippen LogP contribution >= 0.6 is 23.4 Å². The van der Waals surface area contributed by atoms with Crippen LogP contribution in [0.15, 0.2) is 12.1 Å². The van der Waals surface area contributed by atoms with Crippen LogP contribution < -0.4 is 5.32 Å². The number of pyridine rings is 1. The van der Waals surface area contributed by atoms with Gasteiger partial charge in [0.25, 0.3) is 0 Å². The van der Waals surface area contributed by atoms with Crippen LogP contribution in [0.4, 0.5) is 5.82 Å². The third kappa shape index (κ3) is 3.53. The largest absolute Gasteiger partial charge is 0.478 e.